The Morgan fingerprint density at radius 1 is 1.14 bits per heavy atom. The molecule has 2 aromatic heterocycles. The van der Waals surface area contributed by atoms with Crippen molar-refractivity contribution in [2.75, 3.05) is 6.54 Å². The summed E-state index contributed by atoms with van der Waals surface area (Å²) < 4.78 is 20.6. The lowest BCUT2D eigenvalue weighted by atomic mass is 10.2. The molecule has 0 amide bonds. The second-order valence-corrected chi connectivity index (χ2v) is 5.53. The summed E-state index contributed by atoms with van der Waals surface area (Å²) in [5.74, 6) is 1.70. The number of benzene rings is 1. The van der Waals surface area contributed by atoms with Gasteiger partial charge in [-0.1, -0.05) is 12.1 Å². The standard InChI is InChI=1S/C17H16FN3O/c18-14-5-3-13(4-6-14)11-20-7-8-21-15(10-19-17(21)12-20)16-2-1-9-22-16/h1-6,9-10H,7-8,11-12H2. The zero-order valence-electron chi connectivity index (χ0n) is 12.1. The maximum absolute atomic E-state index is 13.0. The summed E-state index contributed by atoms with van der Waals surface area (Å²) in [6, 6.07) is 10.5. The van der Waals surface area contributed by atoms with E-state index in [0.29, 0.717) is 0 Å². The molecule has 4 rings (SSSR count). The molecule has 0 radical (unpaired) electrons. The molecule has 1 aromatic carbocycles. The van der Waals surface area contributed by atoms with Crippen LogP contribution >= 0.6 is 0 Å². The molecule has 3 heterocycles. The van der Waals surface area contributed by atoms with Crippen molar-refractivity contribution in [1.29, 1.82) is 0 Å². The topological polar surface area (TPSA) is 34.2 Å². The van der Waals surface area contributed by atoms with Gasteiger partial charge in [0.15, 0.2) is 5.76 Å². The third-order valence-electron chi connectivity index (χ3n) is 4.04. The Labute approximate surface area is 127 Å². The summed E-state index contributed by atoms with van der Waals surface area (Å²) in [4.78, 5) is 6.84. The van der Waals surface area contributed by atoms with E-state index >= 15 is 0 Å². The summed E-state index contributed by atoms with van der Waals surface area (Å²) in [5.41, 5.74) is 2.15. The molecule has 4 nitrogen and oxygen atoms in total. The van der Waals surface area contributed by atoms with Crippen LogP contribution in [0, 0.1) is 5.82 Å². The zero-order chi connectivity index (χ0) is 14.9. The maximum Gasteiger partial charge on any atom is 0.151 e. The average molecular weight is 297 g/mol. The van der Waals surface area contributed by atoms with E-state index in [9.17, 15) is 4.39 Å². The number of fused-ring (bicyclic) bond motifs is 1. The first-order valence-electron chi connectivity index (χ1n) is 7.35. The van der Waals surface area contributed by atoms with Crippen molar-refractivity contribution in [3.8, 4) is 11.5 Å². The van der Waals surface area contributed by atoms with E-state index < -0.39 is 0 Å². The first-order chi connectivity index (χ1) is 10.8. The monoisotopic (exact) mass is 297 g/mol. The SMILES string of the molecule is Fc1ccc(CN2CCn3c(-c4ccco4)cnc3C2)cc1. The van der Waals surface area contributed by atoms with Crippen LogP contribution in [0.5, 0.6) is 0 Å². The molecule has 1 aliphatic heterocycles. The van der Waals surface area contributed by atoms with Crippen LogP contribution in [0.15, 0.2) is 53.3 Å². The van der Waals surface area contributed by atoms with E-state index in [-0.39, 0.29) is 5.82 Å². The van der Waals surface area contributed by atoms with Gasteiger partial charge in [-0.05, 0) is 29.8 Å². The molecule has 0 aliphatic carbocycles. The van der Waals surface area contributed by atoms with Crippen molar-refractivity contribution < 1.29 is 8.81 Å². The summed E-state index contributed by atoms with van der Waals surface area (Å²) in [6.45, 7) is 3.42. The largest absolute Gasteiger partial charge is 0.463 e. The van der Waals surface area contributed by atoms with E-state index in [2.05, 4.69) is 14.5 Å². The number of nitrogens with zero attached hydrogens (tertiary/aromatic N) is 3. The Bertz CT molecular complexity index is 762. The van der Waals surface area contributed by atoms with Crippen LogP contribution < -0.4 is 0 Å². The minimum atomic E-state index is -0.193. The third-order valence-corrected chi connectivity index (χ3v) is 4.04. The van der Waals surface area contributed by atoms with Crippen molar-refractivity contribution >= 4 is 0 Å². The zero-order valence-corrected chi connectivity index (χ0v) is 12.1. The Kier molecular flexibility index (Phi) is 3.27. The molecular weight excluding hydrogens is 281 g/mol. The van der Waals surface area contributed by atoms with E-state index in [1.807, 2.05) is 30.5 Å². The number of rotatable bonds is 3. The van der Waals surface area contributed by atoms with Crippen LogP contribution in [0.1, 0.15) is 11.4 Å². The predicted octanol–water partition coefficient (Wildman–Crippen LogP) is 3.30. The predicted molar refractivity (Wildman–Crippen MR) is 80.4 cm³/mol. The molecule has 22 heavy (non-hydrogen) atoms. The smallest absolute Gasteiger partial charge is 0.151 e. The number of hydrogen-bond acceptors (Lipinski definition) is 3. The van der Waals surface area contributed by atoms with Gasteiger partial charge in [-0.25, -0.2) is 9.37 Å². The lowest BCUT2D eigenvalue weighted by Crippen LogP contribution is -2.33. The van der Waals surface area contributed by atoms with Crippen LogP contribution in [0.25, 0.3) is 11.5 Å². The Hall–Kier alpha value is -2.40. The lowest BCUT2D eigenvalue weighted by Gasteiger charge is -2.28. The van der Waals surface area contributed by atoms with Crippen LogP contribution in [-0.2, 0) is 19.6 Å². The summed E-state index contributed by atoms with van der Waals surface area (Å²) >= 11 is 0. The quantitative estimate of drug-likeness (QED) is 0.744. The van der Waals surface area contributed by atoms with Gasteiger partial charge in [-0.15, -0.1) is 0 Å². The average Bonchev–Trinajstić information content (AvgIpc) is 3.18. The van der Waals surface area contributed by atoms with Crippen LogP contribution in [0.2, 0.25) is 0 Å². The van der Waals surface area contributed by atoms with Crippen molar-refractivity contribution in [2.24, 2.45) is 0 Å². The van der Waals surface area contributed by atoms with Gasteiger partial charge in [-0.3, -0.25) is 4.90 Å². The molecule has 0 fully saturated rings. The summed E-state index contributed by atoms with van der Waals surface area (Å²) in [7, 11) is 0. The molecular formula is C17H16FN3O. The second kappa shape index (κ2) is 5.42. The molecule has 0 unspecified atom stereocenters. The minimum Gasteiger partial charge on any atom is -0.463 e. The van der Waals surface area contributed by atoms with E-state index in [4.69, 9.17) is 4.42 Å². The second-order valence-electron chi connectivity index (χ2n) is 5.53. The maximum atomic E-state index is 13.0. The Morgan fingerprint density at radius 2 is 2.00 bits per heavy atom. The van der Waals surface area contributed by atoms with E-state index in [1.54, 1.807) is 6.26 Å². The molecule has 0 N–H and O–H groups in total. The molecule has 1 aliphatic rings. The molecule has 112 valence electrons. The van der Waals surface area contributed by atoms with Gasteiger partial charge in [0.05, 0.1) is 19.0 Å². The molecule has 0 bridgehead atoms. The molecule has 5 heteroatoms. The van der Waals surface area contributed by atoms with Crippen molar-refractivity contribution in [1.82, 2.24) is 14.5 Å². The van der Waals surface area contributed by atoms with Gasteiger partial charge >= 0.3 is 0 Å². The van der Waals surface area contributed by atoms with Crippen LogP contribution in [0.4, 0.5) is 4.39 Å². The molecule has 0 saturated heterocycles. The van der Waals surface area contributed by atoms with Gasteiger partial charge in [0.1, 0.15) is 17.3 Å². The third kappa shape index (κ3) is 2.44. The highest BCUT2D eigenvalue weighted by molar-refractivity contribution is 5.52. The Balaban J connectivity index is 1.52. The van der Waals surface area contributed by atoms with E-state index in [0.717, 1.165) is 49.0 Å². The molecule has 0 saturated carbocycles. The number of imidazole rings is 1. The molecule has 0 spiro atoms. The molecule has 3 aromatic rings. The summed E-state index contributed by atoms with van der Waals surface area (Å²) in [5, 5.41) is 0. The fourth-order valence-corrected chi connectivity index (χ4v) is 2.91. The summed E-state index contributed by atoms with van der Waals surface area (Å²) in [6.07, 6.45) is 3.55. The minimum absolute atomic E-state index is 0.193. The highest BCUT2D eigenvalue weighted by Crippen LogP contribution is 2.24. The normalized spacial score (nSPS) is 15.0. The highest BCUT2D eigenvalue weighted by atomic mass is 19.1. The van der Waals surface area contributed by atoms with Gasteiger partial charge in [0, 0.05) is 19.6 Å². The van der Waals surface area contributed by atoms with Gasteiger partial charge in [0.25, 0.3) is 0 Å². The molecule has 0 atom stereocenters. The van der Waals surface area contributed by atoms with Crippen molar-refractivity contribution in [3.05, 3.63) is 66.1 Å². The fourth-order valence-electron chi connectivity index (χ4n) is 2.91. The first kappa shape index (κ1) is 13.3. The lowest BCUT2D eigenvalue weighted by molar-refractivity contribution is 0.209. The fraction of sp³-hybridized carbons (Fsp3) is 0.235. The van der Waals surface area contributed by atoms with Gasteiger partial charge in [0.2, 0.25) is 0 Å². The Morgan fingerprint density at radius 3 is 2.77 bits per heavy atom. The van der Waals surface area contributed by atoms with Crippen molar-refractivity contribution in [2.45, 2.75) is 19.6 Å². The number of halogens is 1. The van der Waals surface area contributed by atoms with Gasteiger partial charge in [-0.2, -0.15) is 0 Å². The first-order valence-corrected chi connectivity index (χ1v) is 7.35. The number of aromatic nitrogens is 2. The van der Waals surface area contributed by atoms with Crippen LogP contribution in [-0.4, -0.2) is 21.0 Å². The highest BCUT2D eigenvalue weighted by Gasteiger charge is 2.21. The number of furan rings is 1. The van der Waals surface area contributed by atoms with Crippen LogP contribution in [0.3, 0.4) is 0 Å². The van der Waals surface area contributed by atoms with E-state index in [1.165, 1.54) is 12.1 Å². The van der Waals surface area contributed by atoms with Crippen molar-refractivity contribution in [3.63, 3.8) is 0 Å². The number of hydrogen-bond donors (Lipinski definition) is 0. The van der Waals surface area contributed by atoms with Gasteiger partial charge < -0.3 is 8.98 Å².